The average molecular weight is 283 g/mol. The van der Waals surface area contributed by atoms with E-state index in [4.69, 9.17) is 0 Å². The van der Waals surface area contributed by atoms with Crippen LogP contribution in [0.4, 0.5) is 0 Å². The van der Waals surface area contributed by atoms with Gasteiger partial charge in [0.15, 0.2) is 5.78 Å². The smallest absolute Gasteiger partial charge is 0.166 e. The molecule has 0 fully saturated rings. The molecule has 0 N–H and O–H groups in total. The minimum atomic E-state index is -0.238. The third-order valence-corrected chi connectivity index (χ3v) is 3.37. The molecule has 1 unspecified atom stereocenters. The number of benzene rings is 1. The van der Waals surface area contributed by atoms with Crippen LogP contribution < -0.4 is 0 Å². The third-order valence-electron chi connectivity index (χ3n) is 2.48. The normalized spacial score (nSPS) is 12.2. The number of carbonyl (C=O) groups is 2. The second kappa shape index (κ2) is 5.39. The predicted octanol–water partition coefficient (Wildman–Crippen LogP) is 3.56. The first kappa shape index (κ1) is 13.1. The van der Waals surface area contributed by atoms with Gasteiger partial charge in [-0.3, -0.25) is 4.79 Å². The van der Waals surface area contributed by atoms with Gasteiger partial charge >= 0.3 is 0 Å². The molecule has 1 aromatic carbocycles. The number of hydrogen-bond donors (Lipinski definition) is 0. The van der Waals surface area contributed by atoms with Crippen LogP contribution in [0.15, 0.2) is 22.7 Å². The number of ketones is 2. The number of hydrogen-bond acceptors (Lipinski definition) is 2. The molecule has 86 valence electrons. The molecule has 0 heterocycles. The summed E-state index contributed by atoms with van der Waals surface area (Å²) in [5.41, 5.74) is 1.70. The maximum absolute atomic E-state index is 12.0. The Kier molecular flexibility index (Phi) is 4.42. The van der Waals surface area contributed by atoms with E-state index in [0.717, 1.165) is 10.0 Å². The van der Waals surface area contributed by atoms with E-state index in [-0.39, 0.29) is 17.5 Å². The van der Waals surface area contributed by atoms with Gasteiger partial charge in [0.25, 0.3) is 0 Å². The lowest BCUT2D eigenvalue weighted by molar-refractivity contribution is -0.117. The molecule has 0 spiro atoms. The van der Waals surface area contributed by atoms with Crippen molar-refractivity contribution >= 4 is 27.5 Å². The van der Waals surface area contributed by atoms with Crippen molar-refractivity contribution in [3.63, 3.8) is 0 Å². The van der Waals surface area contributed by atoms with Crippen LogP contribution in [0.3, 0.4) is 0 Å². The maximum atomic E-state index is 12.0. The van der Waals surface area contributed by atoms with Crippen LogP contribution >= 0.6 is 15.9 Å². The van der Waals surface area contributed by atoms with E-state index in [0.29, 0.717) is 12.0 Å². The highest BCUT2D eigenvalue weighted by atomic mass is 79.9. The summed E-state index contributed by atoms with van der Waals surface area (Å²) >= 11 is 3.39. The standard InChI is InChI=1S/C13H15BrO2/c1-8-7-11(4-5-12(8)14)13(16)9(2)6-10(3)15/h4-5,7,9H,6H2,1-3H3. The molecular formula is C13H15BrO2. The van der Waals surface area contributed by atoms with Gasteiger partial charge < -0.3 is 4.79 Å². The molecule has 0 bridgehead atoms. The van der Waals surface area contributed by atoms with Crippen LogP contribution in [0.1, 0.15) is 36.2 Å². The van der Waals surface area contributed by atoms with Gasteiger partial charge in [-0.15, -0.1) is 0 Å². The average Bonchev–Trinajstić information content (AvgIpc) is 2.20. The quantitative estimate of drug-likeness (QED) is 0.792. The molecular weight excluding hydrogens is 268 g/mol. The molecule has 1 rings (SSSR count). The van der Waals surface area contributed by atoms with Crippen LogP contribution in [0.25, 0.3) is 0 Å². The summed E-state index contributed by atoms with van der Waals surface area (Å²) in [4.78, 5) is 22.9. The minimum absolute atomic E-state index is 0.0331. The molecule has 0 aliphatic heterocycles. The van der Waals surface area contributed by atoms with Gasteiger partial charge in [0.2, 0.25) is 0 Å². The Morgan fingerprint density at radius 3 is 2.50 bits per heavy atom. The Bertz CT molecular complexity index is 424. The van der Waals surface area contributed by atoms with Crippen molar-refractivity contribution in [2.75, 3.05) is 0 Å². The second-order valence-electron chi connectivity index (χ2n) is 4.14. The zero-order valence-corrected chi connectivity index (χ0v) is 11.3. The predicted molar refractivity (Wildman–Crippen MR) is 67.7 cm³/mol. The summed E-state index contributed by atoms with van der Waals surface area (Å²) in [6.45, 7) is 5.24. The maximum Gasteiger partial charge on any atom is 0.166 e. The van der Waals surface area contributed by atoms with Gasteiger partial charge in [0, 0.05) is 22.4 Å². The van der Waals surface area contributed by atoms with E-state index in [1.165, 1.54) is 6.92 Å². The largest absolute Gasteiger partial charge is 0.300 e. The molecule has 16 heavy (non-hydrogen) atoms. The zero-order chi connectivity index (χ0) is 12.3. The van der Waals surface area contributed by atoms with Gasteiger partial charge in [-0.2, -0.15) is 0 Å². The molecule has 1 atom stereocenters. The lowest BCUT2D eigenvalue weighted by atomic mass is 9.94. The van der Waals surface area contributed by atoms with Gasteiger partial charge in [0.05, 0.1) is 0 Å². The fourth-order valence-corrected chi connectivity index (χ4v) is 1.85. The van der Waals surface area contributed by atoms with Crippen LogP contribution in [-0.4, -0.2) is 11.6 Å². The lowest BCUT2D eigenvalue weighted by Crippen LogP contribution is -2.14. The molecule has 0 amide bonds. The lowest BCUT2D eigenvalue weighted by Gasteiger charge is -2.09. The Morgan fingerprint density at radius 2 is 2.00 bits per heavy atom. The van der Waals surface area contributed by atoms with Crippen LogP contribution in [-0.2, 0) is 4.79 Å². The molecule has 0 aromatic heterocycles. The van der Waals surface area contributed by atoms with Gasteiger partial charge in [0.1, 0.15) is 5.78 Å². The van der Waals surface area contributed by atoms with E-state index in [9.17, 15) is 9.59 Å². The van der Waals surface area contributed by atoms with Gasteiger partial charge in [-0.05, 0) is 31.5 Å². The summed E-state index contributed by atoms with van der Waals surface area (Å²) in [7, 11) is 0. The molecule has 2 nitrogen and oxygen atoms in total. The number of Topliss-reactive ketones (excluding diaryl/α,β-unsaturated/α-hetero) is 2. The van der Waals surface area contributed by atoms with Gasteiger partial charge in [-0.25, -0.2) is 0 Å². The molecule has 0 saturated carbocycles. The summed E-state index contributed by atoms with van der Waals surface area (Å²) < 4.78 is 0.989. The number of rotatable bonds is 4. The zero-order valence-electron chi connectivity index (χ0n) is 9.71. The Balaban J connectivity index is 2.88. The monoisotopic (exact) mass is 282 g/mol. The topological polar surface area (TPSA) is 34.1 Å². The van der Waals surface area contributed by atoms with E-state index in [1.54, 1.807) is 13.0 Å². The number of aryl methyl sites for hydroxylation is 1. The fourth-order valence-electron chi connectivity index (χ4n) is 1.61. The van der Waals surface area contributed by atoms with E-state index < -0.39 is 0 Å². The first-order valence-electron chi connectivity index (χ1n) is 5.21. The van der Waals surface area contributed by atoms with Crippen molar-refractivity contribution in [1.82, 2.24) is 0 Å². The summed E-state index contributed by atoms with van der Waals surface area (Å²) in [5, 5.41) is 0. The Morgan fingerprint density at radius 1 is 1.38 bits per heavy atom. The fraction of sp³-hybridized carbons (Fsp3) is 0.385. The first-order chi connectivity index (χ1) is 7.41. The molecule has 0 saturated heterocycles. The van der Waals surface area contributed by atoms with Crippen molar-refractivity contribution in [2.45, 2.75) is 27.2 Å². The number of carbonyl (C=O) groups excluding carboxylic acids is 2. The van der Waals surface area contributed by atoms with Crippen molar-refractivity contribution in [3.8, 4) is 0 Å². The van der Waals surface area contributed by atoms with Crippen molar-refractivity contribution < 1.29 is 9.59 Å². The molecule has 0 aliphatic rings. The highest BCUT2D eigenvalue weighted by Crippen LogP contribution is 2.20. The van der Waals surface area contributed by atoms with Crippen LogP contribution in [0, 0.1) is 12.8 Å². The number of halogens is 1. The van der Waals surface area contributed by atoms with E-state index >= 15 is 0 Å². The Labute approximate surface area is 104 Å². The van der Waals surface area contributed by atoms with E-state index in [2.05, 4.69) is 15.9 Å². The Hall–Kier alpha value is -0.960. The highest BCUT2D eigenvalue weighted by Gasteiger charge is 2.17. The molecule has 1 aromatic rings. The molecule has 0 aliphatic carbocycles. The third kappa shape index (κ3) is 3.27. The van der Waals surface area contributed by atoms with Crippen LogP contribution in [0.5, 0.6) is 0 Å². The summed E-state index contributed by atoms with van der Waals surface area (Å²) in [6, 6.07) is 5.50. The molecule has 3 heteroatoms. The van der Waals surface area contributed by atoms with Crippen LogP contribution in [0.2, 0.25) is 0 Å². The van der Waals surface area contributed by atoms with E-state index in [1.807, 2.05) is 19.1 Å². The summed E-state index contributed by atoms with van der Waals surface area (Å²) in [5.74, 6) is -0.154. The SMILES string of the molecule is CC(=O)CC(C)C(=O)c1ccc(Br)c(C)c1. The van der Waals surface area contributed by atoms with Crippen molar-refractivity contribution in [1.29, 1.82) is 0 Å². The van der Waals surface area contributed by atoms with Gasteiger partial charge in [-0.1, -0.05) is 28.9 Å². The minimum Gasteiger partial charge on any atom is -0.300 e. The van der Waals surface area contributed by atoms with Crippen molar-refractivity contribution in [3.05, 3.63) is 33.8 Å². The second-order valence-corrected chi connectivity index (χ2v) is 4.99. The first-order valence-corrected chi connectivity index (χ1v) is 6.01. The highest BCUT2D eigenvalue weighted by molar-refractivity contribution is 9.10. The van der Waals surface area contributed by atoms with Crippen molar-refractivity contribution in [2.24, 2.45) is 5.92 Å². The summed E-state index contributed by atoms with van der Waals surface area (Å²) in [6.07, 6.45) is 0.313. The molecule has 0 radical (unpaired) electrons.